The van der Waals surface area contributed by atoms with Crippen LogP contribution in [0, 0.1) is 140 Å². The second-order valence-corrected chi connectivity index (χ2v) is 34.7. The predicted octanol–water partition coefficient (Wildman–Crippen LogP) is 10.3. The van der Waals surface area contributed by atoms with E-state index in [1.54, 1.807) is 6.08 Å². The summed E-state index contributed by atoms with van der Waals surface area (Å²) in [7, 11) is 1.93. The Morgan fingerprint density at radius 3 is 2.39 bits per heavy atom. The average Bonchev–Trinajstić information content (AvgIpc) is 1.29. The first-order valence-corrected chi connectivity index (χ1v) is 37.3. The number of ether oxygens (including phenoxy) is 2. The lowest BCUT2D eigenvalue weighted by Crippen LogP contribution is -2.88. The van der Waals surface area contributed by atoms with Crippen molar-refractivity contribution in [3.63, 3.8) is 0 Å². The highest BCUT2D eigenvalue weighted by atomic mass is 16.5. The third-order valence-electron chi connectivity index (χ3n) is 32.1. The first-order valence-electron chi connectivity index (χ1n) is 37.3. The topological polar surface area (TPSA) is 186 Å². The maximum absolute atomic E-state index is 16.6. The van der Waals surface area contributed by atoms with E-state index in [2.05, 4.69) is 95.7 Å². The molecule has 20 rings (SSSR count). The molecule has 3 aliphatic heterocycles. The number of benzene rings is 3. The molecule has 0 amide bonds. The molecule has 0 aromatic heterocycles. The molecule has 3 aromatic carbocycles. The van der Waals surface area contributed by atoms with E-state index in [4.69, 9.17) is 9.47 Å². The SMILES string of the molecule is CNC1Cc2c(cccc2CO)C#CC2(CCCC2)CC23CC4C#CCC5C(c6ccccc6)CCC6C5CC5CC7Cc8cccc(c8)CC8CCC(C8)C8CC=CC9CC%10C(O7)C56CC5(C=O)C4C(O)(C(O)C(CC98)C%105O)C2(O)CC2CC1C1OC(=O)C=C1C23CO. The minimum atomic E-state index is -2.50. The Morgan fingerprint density at radius 1 is 0.766 bits per heavy atom. The number of fused-ring (bicyclic) bond motifs is 8. The van der Waals surface area contributed by atoms with Gasteiger partial charge in [0.2, 0.25) is 0 Å². The van der Waals surface area contributed by atoms with Gasteiger partial charge in [0.25, 0.3) is 0 Å². The molecule has 14 aliphatic carbocycles. The van der Waals surface area contributed by atoms with E-state index >= 15 is 25.2 Å². The summed E-state index contributed by atoms with van der Waals surface area (Å²) in [5.74, 6) is 12.6. The van der Waals surface area contributed by atoms with E-state index in [0.29, 0.717) is 62.4 Å². The van der Waals surface area contributed by atoms with Crippen LogP contribution in [0.2, 0.25) is 0 Å². The number of aliphatic hydroxyl groups excluding tert-OH is 3. The van der Waals surface area contributed by atoms with Gasteiger partial charge < -0.3 is 50.2 Å². The summed E-state index contributed by atoms with van der Waals surface area (Å²) >= 11 is 0. The molecule has 10 saturated carbocycles. The lowest BCUT2D eigenvalue weighted by atomic mass is 9.29. The van der Waals surface area contributed by atoms with Crippen LogP contribution in [-0.4, -0.2) is 104 Å². The average molecular weight is 1270 g/mol. The largest absolute Gasteiger partial charge is 0.454 e. The zero-order chi connectivity index (χ0) is 63.7. The molecule has 11 heteroatoms. The Labute approximate surface area is 555 Å². The van der Waals surface area contributed by atoms with Gasteiger partial charge in [0.1, 0.15) is 23.6 Å². The Morgan fingerprint density at radius 2 is 1.59 bits per heavy atom. The monoisotopic (exact) mass is 1270 g/mol. The van der Waals surface area contributed by atoms with E-state index in [-0.39, 0.29) is 97.7 Å². The number of carbonyl (C=O) groups is 2. The standard InChI is InChI=1S/C83H97NO10/c1-84-70-38-62-51(15-8-18-55(62)42-85)25-28-76(26-5-6-27-76)43-78-40-54-17-10-20-61-60(50-13-3-2-4-14-50)23-24-66-64(61)35-56-34-58-32-48-12-7-11-47(29-48)30-49-21-22-53(31-49)59-19-9-16-52-33-69-75(93-58)79(56,66)44-77(45-86)73(54)83(92,74(89)68(37-63(52)59)82(69,77)91)81(78,90)41-57-36-65(70)72-67(39-71(88)94-72)80(57,78)46-87/h2-4,7-9,11-16,18,29,39,45,49,52-54,56-61,63-66,68-70,72-75,84-85,87,89-92H,5-6,19-24,26-27,30-38,40-44,46H2,1H3. The van der Waals surface area contributed by atoms with Crippen LogP contribution in [0.3, 0.4) is 0 Å². The van der Waals surface area contributed by atoms with Crippen molar-refractivity contribution in [2.24, 2.45) is 116 Å². The van der Waals surface area contributed by atoms with E-state index in [1.807, 2.05) is 25.2 Å². The van der Waals surface area contributed by atoms with Crippen LogP contribution in [0.25, 0.3) is 0 Å². The molecule has 11 fully saturated rings. The van der Waals surface area contributed by atoms with Crippen LogP contribution >= 0.6 is 0 Å². The molecule has 3 spiro atoms. The molecule has 1 saturated heterocycles. The number of allylic oxidation sites excluding steroid dienone is 2. The molecular formula is C83H97NO10. The highest BCUT2D eigenvalue weighted by Crippen LogP contribution is 2.85. The van der Waals surface area contributed by atoms with Crippen molar-refractivity contribution in [3.8, 4) is 23.7 Å². The van der Waals surface area contributed by atoms with Crippen molar-refractivity contribution in [3.05, 3.63) is 130 Å². The van der Waals surface area contributed by atoms with Crippen LogP contribution in [0.1, 0.15) is 168 Å². The van der Waals surface area contributed by atoms with E-state index in [0.717, 1.165) is 100 Å². The van der Waals surface area contributed by atoms with Crippen LogP contribution in [0.4, 0.5) is 0 Å². The molecular weight excluding hydrogens is 1170 g/mol. The van der Waals surface area contributed by atoms with Crippen molar-refractivity contribution in [1.29, 1.82) is 0 Å². The number of hydrogen-bond acceptors (Lipinski definition) is 11. The van der Waals surface area contributed by atoms with Crippen molar-refractivity contribution >= 4 is 12.3 Å². The molecule has 28 atom stereocenters. The number of carbonyl (C=O) groups excluding carboxylic acids is 2. The van der Waals surface area contributed by atoms with Gasteiger partial charge in [0, 0.05) is 75.4 Å². The fraction of sp³-hybridized carbons (Fsp3) is 0.663. The second-order valence-electron chi connectivity index (χ2n) is 34.7. The Hall–Kier alpha value is -4.92. The van der Waals surface area contributed by atoms with Gasteiger partial charge in [-0.05, 0) is 240 Å². The number of esters is 1. The number of aliphatic hydroxyl groups is 6. The van der Waals surface area contributed by atoms with Crippen LogP contribution in [0.5, 0.6) is 0 Å². The third-order valence-corrected chi connectivity index (χ3v) is 32.1. The lowest BCUT2D eigenvalue weighted by molar-refractivity contribution is -0.403. The van der Waals surface area contributed by atoms with Gasteiger partial charge in [-0.1, -0.05) is 109 Å². The minimum Gasteiger partial charge on any atom is -0.454 e. The molecule has 0 radical (unpaired) electrons. The smallest absolute Gasteiger partial charge is 0.331 e. The number of nitrogens with one attached hydrogen (secondary N) is 1. The van der Waals surface area contributed by atoms with Gasteiger partial charge >= 0.3 is 5.97 Å². The molecule has 28 unspecified atom stereocenters. The van der Waals surface area contributed by atoms with Gasteiger partial charge in [-0.3, -0.25) is 0 Å². The predicted molar refractivity (Wildman–Crippen MR) is 353 cm³/mol. The molecule has 494 valence electrons. The van der Waals surface area contributed by atoms with Gasteiger partial charge in [-0.2, -0.15) is 0 Å². The molecule has 3 aromatic rings. The van der Waals surface area contributed by atoms with Crippen molar-refractivity contribution < 1.29 is 49.7 Å². The normalized spacial score (nSPS) is 50.3. The quantitative estimate of drug-likeness (QED) is 0.0558. The zero-order valence-corrected chi connectivity index (χ0v) is 54.9. The van der Waals surface area contributed by atoms with Crippen molar-refractivity contribution in [2.45, 2.75) is 207 Å². The first kappa shape index (κ1) is 60.3. The van der Waals surface area contributed by atoms with Crippen molar-refractivity contribution in [1.82, 2.24) is 5.32 Å². The summed E-state index contributed by atoms with van der Waals surface area (Å²) in [6, 6.07) is 26.1. The zero-order valence-electron chi connectivity index (χ0n) is 54.9. The first-order chi connectivity index (χ1) is 45.6. The Kier molecular flexibility index (Phi) is 13.5. The molecule has 3 heterocycles. The number of hydrogen-bond donors (Lipinski definition) is 7. The molecule has 19 bridgehead atoms. The van der Waals surface area contributed by atoms with Crippen LogP contribution in [0.15, 0.2) is 96.6 Å². The summed E-state index contributed by atoms with van der Waals surface area (Å²) in [4.78, 5) is 31.3. The molecule has 94 heavy (non-hydrogen) atoms. The summed E-state index contributed by atoms with van der Waals surface area (Å²) in [5, 5.41) is 91.4. The fourth-order valence-corrected chi connectivity index (χ4v) is 29.2. The second kappa shape index (κ2) is 21.1. The summed E-state index contributed by atoms with van der Waals surface area (Å²) < 4.78 is 14.9. The van der Waals surface area contributed by atoms with Crippen LogP contribution in [-0.2, 0) is 44.9 Å². The van der Waals surface area contributed by atoms with E-state index < -0.39 is 104 Å². The maximum atomic E-state index is 16.6. The Bertz CT molecular complexity index is 3810. The molecule has 17 aliphatic rings. The van der Waals surface area contributed by atoms with Crippen LogP contribution < -0.4 is 5.32 Å². The Balaban J connectivity index is 0.894. The van der Waals surface area contributed by atoms with Gasteiger partial charge in [-0.15, -0.1) is 5.92 Å². The minimum absolute atomic E-state index is 0.00733. The number of likely N-dealkylation sites (N-methyl/N-ethyl adjacent to an activating group) is 1. The van der Waals surface area contributed by atoms with Gasteiger partial charge in [-0.25, -0.2) is 4.79 Å². The maximum Gasteiger partial charge on any atom is 0.331 e. The fourth-order valence-electron chi connectivity index (χ4n) is 29.2. The van der Waals surface area contributed by atoms with Crippen molar-refractivity contribution in [2.75, 3.05) is 13.7 Å². The van der Waals surface area contributed by atoms with Gasteiger partial charge in [0.15, 0.2) is 0 Å². The highest BCUT2D eigenvalue weighted by molar-refractivity contribution is 5.87. The molecule has 7 N–H and O–H groups in total. The van der Waals surface area contributed by atoms with E-state index in [9.17, 15) is 15.0 Å². The number of aldehydes is 1. The summed E-state index contributed by atoms with van der Waals surface area (Å²) in [5.41, 5.74) is -5.50. The lowest BCUT2D eigenvalue weighted by Gasteiger charge is -2.77. The van der Waals surface area contributed by atoms with Gasteiger partial charge in [0.05, 0.1) is 42.5 Å². The highest BCUT2D eigenvalue weighted by Gasteiger charge is 2.92. The summed E-state index contributed by atoms with van der Waals surface area (Å²) in [6.07, 6.45) is 20.3. The summed E-state index contributed by atoms with van der Waals surface area (Å²) in [6.45, 7) is -0.630. The number of rotatable bonds is 5. The molecule has 11 nitrogen and oxygen atoms in total. The third kappa shape index (κ3) is 7.56. The van der Waals surface area contributed by atoms with E-state index in [1.165, 1.54) is 16.7 Å².